The highest BCUT2D eigenvalue weighted by Crippen LogP contribution is 2.23. The summed E-state index contributed by atoms with van der Waals surface area (Å²) in [5.74, 6) is 2.63. The van der Waals surface area contributed by atoms with Crippen molar-refractivity contribution in [3.8, 4) is 5.75 Å². The largest absolute Gasteiger partial charge is 0.493 e. The monoisotopic (exact) mass is 224 g/mol. The standard InChI is InChI=1S/C13H20OS/c1-10(2)13-6-5-12(9-11(13)3)14-7-8-15-4/h5-6,9-10H,7-8H2,1-4H3. The van der Waals surface area contributed by atoms with E-state index in [1.807, 2.05) is 11.8 Å². The molecule has 1 nitrogen and oxygen atoms in total. The zero-order chi connectivity index (χ0) is 11.3. The number of rotatable bonds is 5. The Kier molecular flexibility index (Phi) is 5.03. The second-order valence-corrected chi connectivity index (χ2v) is 5.00. The summed E-state index contributed by atoms with van der Waals surface area (Å²) < 4.78 is 5.64. The Morgan fingerprint density at radius 3 is 2.60 bits per heavy atom. The number of benzene rings is 1. The van der Waals surface area contributed by atoms with Gasteiger partial charge in [0, 0.05) is 5.75 Å². The third-order valence-corrected chi connectivity index (χ3v) is 2.99. The topological polar surface area (TPSA) is 9.23 Å². The van der Waals surface area contributed by atoms with Gasteiger partial charge < -0.3 is 4.74 Å². The van der Waals surface area contributed by atoms with Crippen LogP contribution in [0.4, 0.5) is 0 Å². The van der Waals surface area contributed by atoms with Crippen LogP contribution in [0.1, 0.15) is 30.9 Å². The molecule has 0 aliphatic heterocycles. The van der Waals surface area contributed by atoms with E-state index in [1.165, 1.54) is 11.1 Å². The van der Waals surface area contributed by atoms with E-state index in [2.05, 4.69) is 45.2 Å². The average molecular weight is 224 g/mol. The molecule has 0 saturated heterocycles. The molecule has 0 aromatic heterocycles. The van der Waals surface area contributed by atoms with Crippen LogP contribution in [0.15, 0.2) is 18.2 Å². The minimum atomic E-state index is 0.588. The van der Waals surface area contributed by atoms with Crippen molar-refractivity contribution in [1.82, 2.24) is 0 Å². The highest BCUT2D eigenvalue weighted by Gasteiger charge is 2.04. The van der Waals surface area contributed by atoms with Gasteiger partial charge in [0.1, 0.15) is 5.75 Å². The Balaban J connectivity index is 2.65. The van der Waals surface area contributed by atoms with E-state index in [0.717, 1.165) is 18.1 Å². The molecular weight excluding hydrogens is 204 g/mol. The lowest BCUT2D eigenvalue weighted by atomic mass is 9.98. The fraction of sp³-hybridized carbons (Fsp3) is 0.538. The smallest absolute Gasteiger partial charge is 0.119 e. The average Bonchev–Trinajstić information content (AvgIpc) is 2.17. The van der Waals surface area contributed by atoms with Crippen molar-refractivity contribution in [1.29, 1.82) is 0 Å². The molecule has 0 fully saturated rings. The zero-order valence-corrected chi connectivity index (χ0v) is 10.9. The molecule has 0 unspecified atom stereocenters. The van der Waals surface area contributed by atoms with Crippen molar-refractivity contribution in [3.05, 3.63) is 29.3 Å². The van der Waals surface area contributed by atoms with Crippen molar-refractivity contribution in [2.24, 2.45) is 0 Å². The van der Waals surface area contributed by atoms with Crippen molar-refractivity contribution in [2.75, 3.05) is 18.6 Å². The van der Waals surface area contributed by atoms with Crippen molar-refractivity contribution in [3.63, 3.8) is 0 Å². The first kappa shape index (κ1) is 12.4. The van der Waals surface area contributed by atoms with Crippen LogP contribution in [0.2, 0.25) is 0 Å². The molecule has 0 spiro atoms. The van der Waals surface area contributed by atoms with Gasteiger partial charge in [-0.3, -0.25) is 0 Å². The molecule has 0 amide bonds. The number of hydrogen-bond donors (Lipinski definition) is 0. The molecule has 0 atom stereocenters. The quantitative estimate of drug-likeness (QED) is 0.702. The molecule has 15 heavy (non-hydrogen) atoms. The van der Waals surface area contributed by atoms with Crippen LogP contribution >= 0.6 is 11.8 Å². The zero-order valence-electron chi connectivity index (χ0n) is 10.0. The van der Waals surface area contributed by atoms with Crippen LogP contribution in [0.3, 0.4) is 0 Å². The SMILES string of the molecule is CSCCOc1ccc(C(C)C)c(C)c1. The summed E-state index contributed by atoms with van der Waals surface area (Å²) in [5.41, 5.74) is 2.74. The van der Waals surface area contributed by atoms with Gasteiger partial charge in [-0.2, -0.15) is 11.8 Å². The Hall–Kier alpha value is -0.630. The second kappa shape index (κ2) is 6.06. The predicted octanol–water partition coefficient (Wildman–Crippen LogP) is 3.86. The minimum absolute atomic E-state index is 0.588. The molecule has 1 aromatic carbocycles. The van der Waals surface area contributed by atoms with E-state index in [1.54, 1.807) is 0 Å². The van der Waals surface area contributed by atoms with Crippen molar-refractivity contribution < 1.29 is 4.74 Å². The van der Waals surface area contributed by atoms with Gasteiger partial charge in [-0.05, 0) is 42.4 Å². The van der Waals surface area contributed by atoms with E-state index in [0.29, 0.717) is 5.92 Å². The Morgan fingerprint density at radius 1 is 1.33 bits per heavy atom. The Labute approximate surface area is 97.2 Å². The molecule has 0 aliphatic carbocycles. The predicted molar refractivity (Wildman–Crippen MR) is 69.1 cm³/mol. The van der Waals surface area contributed by atoms with Gasteiger partial charge in [0.05, 0.1) is 6.61 Å². The maximum absolute atomic E-state index is 5.64. The maximum Gasteiger partial charge on any atom is 0.119 e. The first-order valence-corrected chi connectivity index (χ1v) is 6.76. The molecule has 0 aliphatic rings. The summed E-state index contributed by atoms with van der Waals surface area (Å²) in [6.07, 6.45) is 2.09. The van der Waals surface area contributed by atoms with Gasteiger partial charge >= 0.3 is 0 Å². The van der Waals surface area contributed by atoms with E-state index < -0.39 is 0 Å². The third-order valence-electron chi connectivity index (χ3n) is 2.42. The summed E-state index contributed by atoms with van der Waals surface area (Å²) in [6.45, 7) is 7.38. The van der Waals surface area contributed by atoms with Crippen molar-refractivity contribution >= 4 is 11.8 Å². The lowest BCUT2D eigenvalue weighted by Gasteiger charge is -2.12. The van der Waals surface area contributed by atoms with E-state index in [9.17, 15) is 0 Å². The summed E-state index contributed by atoms with van der Waals surface area (Å²) >= 11 is 1.81. The highest BCUT2D eigenvalue weighted by atomic mass is 32.2. The maximum atomic E-state index is 5.64. The van der Waals surface area contributed by atoms with Crippen LogP contribution in [-0.2, 0) is 0 Å². The minimum Gasteiger partial charge on any atom is -0.493 e. The summed E-state index contributed by atoms with van der Waals surface area (Å²) in [4.78, 5) is 0. The number of ether oxygens (including phenoxy) is 1. The molecule has 84 valence electrons. The summed E-state index contributed by atoms with van der Waals surface area (Å²) in [7, 11) is 0. The number of thioether (sulfide) groups is 1. The first-order chi connectivity index (χ1) is 7.15. The molecule has 1 aromatic rings. The van der Waals surface area contributed by atoms with Gasteiger partial charge in [0.25, 0.3) is 0 Å². The van der Waals surface area contributed by atoms with Crippen LogP contribution in [-0.4, -0.2) is 18.6 Å². The number of aryl methyl sites for hydroxylation is 1. The second-order valence-electron chi connectivity index (χ2n) is 4.01. The lowest BCUT2D eigenvalue weighted by Crippen LogP contribution is -2.00. The summed E-state index contributed by atoms with van der Waals surface area (Å²) in [6, 6.07) is 6.38. The lowest BCUT2D eigenvalue weighted by molar-refractivity contribution is 0.343. The number of hydrogen-bond acceptors (Lipinski definition) is 2. The molecule has 0 radical (unpaired) electrons. The molecule has 0 saturated carbocycles. The Bertz CT molecular complexity index is 307. The van der Waals surface area contributed by atoms with Gasteiger partial charge in [-0.15, -0.1) is 0 Å². The van der Waals surface area contributed by atoms with Crippen LogP contribution in [0.5, 0.6) is 5.75 Å². The van der Waals surface area contributed by atoms with Crippen LogP contribution < -0.4 is 4.74 Å². The Morgan fingerprint density at radius 2 is 2.07 bits per heavy atom. The van der Waals surface area contributed by atoms with E-state index >= 15 is 0 Å². The molecule has 0 bridgehead atoms. The molecule has 2 heteroatoms. The highest BCUT2D eigenvalue weighted by molar-refractivity contribution is 7.98. The fourth-order valence-electron chi connectivity index (χ4n) is 1.63. The molecular formula is C13H20OS. The van der Waals surface area contributed by atoms with Crippen LogP contribution in [0.25, 0.3) is 0 Å². The fourth-order valence-corrected chi connectivity index (χ4v) is 1.88. The molecule has 0 N–H and O–H groups in total. The van der Waals surface area contributed by atoms with Gasteiger partial charge in [0.15, 0.2) is 0 Å². The van der Waals surface area contributed by atoms with Gasteiger partial charge in [-0.1, -0.05) is 19.9 Å². The van der Waals surface area contributed by atoms with Gasteiger partial charge in [-0.25, -0.2) is 0 Å². The molecule has 0 heterocycles. The molecule has 1 rings (SSSR count). The normalized spacial score (nSPS) is 10.7. The third kappa shape index (κ3) is 3.78. The first-order valence-electron chi connectivity index (χ1n) is 5.37. The van der Waals surface area contributed by atoms with Gasteiger partial charge in [0.2, 0.25) is 0 Å². The van der Waals surface area contributed by atoms with E-state index in [4.69, 9.17) is 4.74 Å². The summed E-state index contributed by atoms with van der Waals surface area (Å²) in [5, 5.41) is 0. The van der Waals surface area contributed by atoms with Crippen molar-refractivity contribution in [2.45, 2.75) is 26.7 Å². The van der Waals surface area contributed by atoms with E-state index in [-0.39, 0.29) is 0 Å². The van der Waals surface area contributed by atoms with Crippen LogP contribution in [0, 0.1) is 6.92 Å².